The van der Waals surface area contributed by atoms with Crippen molar-refractivity contribution in [2.75, 3.05) is 0 Å². The summed E-state index contributed by atoms with van der Waals surface area (Å²) < 4.78 is 0.962. The average molecular weight is 369 g/mol. The van der Waals surface area contributed by atoms with E-state index in [1.54, 1.807) is 6.20 Å². The van der Waals surface area contributed by atoms with Gasteiger partial charge < -0.3 is 5.11 Å². The molecule has 1 heterocycles. The summed E-state index contributed by atoms with van der Waals surface area (Å²) in [5.41, 5.74) is 1.69. The summed E-state index contributed by atoms with van der Waals surface area (Å²) in [6.07, 6.45) is 2.34. The maximum Gasteiger partial charge on any atom is 0.133 e. The number of hydrogen-bond donors (Lipinski definition) is 1. The van der Waals surface area contributed by atoms with E-state index in [9.17, 15) is 5.11 Å². The van der Waals surface area contributed by atoms with Crippen LogP contribution in [0.4, 0.5) is 0 Å². The van der Waals surface area contributed by atoms with Crippen LogP contribution in [0, 0.1) is 0 Å². The molecule has 0 aliphatic heterocycles. The molecule has 3 rings (SSSR count). The van der Waals surface area contributed by atoms with Gasteiger partial charge in [-0.3, -0.25) is 4.98 Å². The Bertz CT molecular complexity index is 602. The molecule has 0 bridgehead atoms. The van der Waals surface area contributed by atoms with E-state index in [0.29, 0.717) is 6.42 Å². The van der Waals surface area contributed by atoms with Crippen molar-refractivity contribution in [2.45, 2.75) is 16.8 Å². The second-order valence-corrected chi connectivity index (χ2v) is 6.50. The molecule has 92 valence electrons. The van der Waals surface area contributed by atoms with Crippen LogP contribution in [0.3, 0.4) is 0 Å². The Kier molecular flexibility index (Phi) is 3.04. The molecular formula is C14H11Br2NO. The molecule has 0 unspecified atom stereocenters. The molecule has 2 nitrogen and oxygen atoms in total. The second-order valence-electron chi connectivity index (χ2n) is 4.48. The second kappa shape index (κ2) is 4.44. The van der Waals surface area contributed by atoms with E-state index in [1.807, 2.05) is 36.4 Å². The molecule has 0 saturated carbocycles. The molecule has 1 aromatic heterocycles. The standard InChI is InChI=1S/C14H11Br2NO/c15-10-4-1-3-9(7-10)14(18)8-12(16)11-5-2-6-17-13(11)14/h1-7,12,18H,8H2/t12-,14+/m1/s1. The normalized spacial score (nSPS) is 26.1. The number of rotatable bonds is 1. The van der Waals surface area contributed by atoms with Crippen LogP contribution in [0.25, 0.3) is 0 Å². The minimum atomic E-state index is -1.01. The van der Waals surface area contributed by atoms with Crippen molar-refractivity contribution in [3.05, 3.63) is 63.9 Å². The molecular weight excluding hydrogens is 358 g/mol. The number of aliphatic hydroxyl groups is 1. The molecule has 1 N–H and O–H groups in total. The number of hydrogen-bond acceptors (Lipinski definition) is 2. The smallest absolute Gasteiger partial charge is 0.133 e. The van der Waals surface area contributed by atoms with Gasteiger partial charge in [-0.05, 0) is 29.3 Å². The summed E-state index contributed by atoms with van der Waals surface area (Å²) in [7, 11) is 0. The van der Waals surface area contributed by atoms with Gasteiger partial charge in [0.1, 0.15) is 5.60 Å². The molecule has 1 aliphatic carbocycles. The molecule has 2 aromatic rings. The summed E-state index contributed by atoms with van der Waals surface area (Å²) in [4.78, 5) is 4.52. The van der Waals surface area contributed by atoms with Crippen molar-refractivity contribution < 1.29 is 5.11 Å². The van der Waals surface area contributed by atoms with E-state index >= 15 is 0 Å². The molecule has 4 heteroatoms. The van der Waals surface area contributed by atoms with Crippen LogP contribution in [-0.2, 0) is 5.60 Å². The molecule has 18 heavy (non-hydrogen) atoms. The number of halogens is 2. The molecule has 2 atom stereocenters. The Hall–Kier alpha value is -0.710. The number of nitrogens with zero attached hydrogens (tertiary/aromatic N) is 1. The fourth-order valence-electron chi connectivity index (χ4n) is 2.48. The van der Waals surface area contributed by atoms with Crippen LogP contribution in [0.1, 0.15) is 28.1 Å². The summed E-state index contributed by atoms with van der Waals surface area (Å²) in [6, 6.07) is 11.7. The summed E-state index contributed by atoms with van der Waals surface area (Å²) >= 11 is 7.06. The molecule has 1 aliphatic rings. The van der Waals surface area contributed by atoms with Crippen molar-refractivity contribution >= 4 is 31.9 Å². The van der Waals surface area contributed by atoms with Crippen LogP contribution in [0.2, 0.25) is 0 Å². The van der Waals surface area contributed by atoms with Gasteiger partial charge in [0.25, 0.3) is 0 Å². The molecule has 0 radical (unpaired) electrons. The zero-order valence-corrected chi connectivity index (χ0v) is 12.6. The third kappa shape index (κ3) is 1.83. The molecule has 1 aromatic carbocycles. The first-order valence-electron chi connectivity index (χ1n) is 5.69. The number of alkyl halides is 1. The Balaban J connectivity index is 2.18. The van der Waals surface area contributed by atoms with Gasteiger partial charge in [-0.15, -0.1) is 0 Å². The van der Waals surface area contributed by atoms with Crippen molar-refractivity contribution in [1.29, 1.82) is 0 Å². The van der Waals surface area contributed by atoms with Crippen LogP contribution in [-0.4, -0.2) is 10.1 Å². The highest BCUT2D eigenvalue weighted by Crippen LogP contribution is 2.49. The minimum Gasteiger partial charge on any atom is -0.379 e. The minimum absolute atomic E-state index is 0.144. The quantitative estimate of drug-likeness (QED) is 0.774. The van der Waals surface area contributed by atoms with Gasteiger partial charge in [-0.1, -0.05) is 50.1 Å². The van der Waals surface area contributed by atoms with Gasteiger partial charge in [0.2, 0.25) is 0 Å². The SMILES string of the molecule is O[C@]1(c2cccc(Br)c2)C[C@@H](Br)c2cccnc21. The molecule has 0 fully saturated rings. The Labute approximate surface area is 122 Å². The van der Waals surface area contributed by atoms with Gasteiger partial charge in [-0.2, -0.15) is 0 Å². The van der Waals surface area contributed by atoms with Gasteiger partial charge >= 0.3 is 0 Å². The fourth-order valence-corrected chi connectivity index (χ4v) is 3.72. The number of fused-ring (bicyclic) bond motifs is 1. The van der Waals surface area contributed by atoms with E-state index in [4.69, 9.17) is 0 Å². The average Bonchev–Trinajstić information content (AvgIpc) is 2.64. The highest BCUT2D eigenvalue weighted by atomic mass is 79.9. The number of benzene rings is 1. The third-order valence-corrected chi connectivity index (χ3v) is 4.66. The first-order chi connectivity index (χ1) is 8.61. The van der Waals surface area contributed by atoms with E-state index in [1.165, 1.54) is 0 Å². The van der Waals surface area contributed by atoms with Crippen LogP contribution in [0.15, 0.2) is 47.1 Å². The number of pyridine rings is 1. The molecule has 0 spiro atoms. The number of aromatic nitrogens is 1. The van der Waals surface area contributed by atoms with E-state index in [0.717, 1.165) is 21.3 Å². The monoisotopic (exact) mass is 367 g/mol. The van der Waals surface area contributed by atoms with E-state index in [-0.39, 0.29) is 4.83 Å². The molecule has 0 saturated heterocycles. The fraction of sp³-hybridized carbons (Fsp3) is 0.214. The highest BCUT2D eigenvalue weighted by Gasteiger charge is 2.44. The Morgan fingerprint density at radius 3 is 2.89 bits per heavy atom. The highest BCUT2D eigenvalue weighted by molar-refractivity contribution is 9.10. The zero-order valence-electron chi connectivity index (χ0n) is 9.48. The predicted octanol–water partition coefficient (Wildman–Crippen LogP) is 3.92. The van der Waals surface area contributed by atoms with Crippen molar-refractivity contribution in [1.82, 2.24) is 4.98 Å². The van der Waals surface area contributed by atoms with Crippen LogP contribution in [0.5, 0.6) is 0 Å². The summed E-state index contributed by atoms with van der Waals surface area (Å²) in [6.45, 7) is 0. The predicted molar refractivity (Wildman–Crippen MR) is 77.7 cm³/mol. The lowest BCUT2D eigenvalue weighted by molar-refractivity contribution is 0.0785. The summed E-state index contributed by atoms with van der Waals surface area (Å²) in [5, 5.41) is 11.0. The lowest BCUT2D eigenvalue weighted by Gasteiger charge is -2.23. The maximum absolute atomic E-state index is 11.0. The Morgan fingerprint density at radius 2 is 2.11 bits per heavy atom. The topological polar surface area (TPSA) is 33.1 Å². The van der Waals surface area contributed by atoms with Gasteiger partial charge in [0.05, 0.1) is 5.69 Å². The lowest BCUT2D eigenvalue weighted by Crippen LogP contribution is -2.25. The first kappa shape index (κ1) is 12.3. The Morgan fingerprint density at radius 1 is 1.28 bits per heavy atom. The lowest BCUT2D eigenvalue weighted by atomic mass is 9.91. The van der Waals surface area contributed by atoms with Gasteiger partial charge in [-0.25, -0.2) is 0 Å². The summed E-state index contributed by atoms with van der Waals surface area (Å²) in [5.74, 6) is 0. The van der Waals surface area contributed by atoms with E-state index < -0.39 is 5.60 Å². The maximum atomic E-state index is 11.0. The molecule has 0 amide bonds. The van der Waals surface area contributed by atoms with Crippen molar-refractivity contribution in [3.8, 4) is 0 Å². The van der Waals surface area contributed by atoms with Crippen molar-refractivity contribution in [3.63, 3.8) is 0 Å². The largest absolute Gasteiger partial charge is 0.379 e. The van der Waals surface area contributed by atoms with Gasteiger partial charge in [0, 0.05) is 21.9 Å². The third-order valence-electron chi connectivity index (χ3n) is 3.34. The van der Waals surface area contributed by atoms with E-state index in [2.05, 4.69) is 36.8 Å². The van der Waals surface area contributed by atoms with Crippen LogP contribution < -0.4 is 0 Å². The van der Waals surface area contributed by atoms with Crippen molar-refractivity contribution in [2.24, 2.45) is 0 Å². The van der Waals surface area contributed by atoms with Gasteiger partial charge in [0.15, 0.2) is 0 Å². The van der Waals surface area contributed by atoms with Crippen LogP contribution >= 0.6 is 31.9 Å². The first-order valence-corrected chi connectivity index (χ1v) is 7.40. The zero-order chi connectivity index (χ0) is 12.8.